The molecule has 0 spiro atoms. The Morgan fingerprint density at radius 2 is 1.62 bits per heavy atom. The summed E-state index contributed by atoms with van der Waals surface area (Å²) in [6.07, 6.45) is 6.21. The first-order chi connectivity index (χ1) is 7.68. The Morgan fingerprint density at radius 1 is 1.06 bits per heavy atom. The van der Waals surface area contributed by atoms with Crippen molar-refractivity contribution in [1.82, 2.24) is 5.32 Å². The highest BCUT2D eigenvalue weighted by atomic mass is 16.5. The zero-order valence-electron chi connectivity index (χ0n) is 11.0. The second-order valence-corrected chi connectivity index (χ2v) is 5.97. The van der Waals surface area contributed by atoms with Gasteiger partial charge in [-0.2, -0.15) is 0 Å². The predicted octanol–water partition coefficient (Wildman–Crippen LogP) is 2.83. The molecular weight excluding hydrogens is 198 g/mol. The Labute approximate surface area is 100 Å². The van der Waals surface area contributed by atoms with E-state index >= 15 is 0 Å². The minimum Gasteiger partial charge on any atom is -0.377 e. The average Bonchev–Trinajstić information content (AvgIpc) is 3.10. The highest BCUT2D eigenvalue weighted by Crippen LogP contribution is 2.44. The molecule has 2 saturated carbocycles. The van der Waals surface area contributed by atoms with Crippen molar-refractivity contribution >= 4 is 0 Å². The van der Waals surface area contributed by atoms with Crippen LogP contribution in [0, 0.1) is 17.8 Å². The number of ether oxygens (including phenoxy) is 1. The van der Waals surface area contributed by atoms with Gasteiger partial charge < -0.3 is 10.1 Å². The minimum atomic E-state index is 0.391. The molecule has 2 fully saturated rings. The van der Waals surface area contributed by atoms with Gasteiger partial charge in [-0.15, -0.1) is 0 Å². The van der Waals surface area contributed by atoms with Crippen LogP contribution in [0.2, 0.25) is 0 Å². The summed E-state index contributed by atoms with van der Waals surface area (Å²) in [5.74, 6) is 2.62. The lowest BCUT2D eigenvalue weighted by Crippen LogP contribution is -2.36. The third-order valence-corrected chi connectivity index (χ3v) is 4.06. The number of hydrogen-bond acceptors (Lipinski definition) is 2. The highest BCUT2D eigenvalue weighted by molar-refractivity contribution is 4.96. The largest absolute Gasteiger partial charge is 0.377 e. The van der Waals surface area contributed by atoms with E-state index in [9.17, 15) is 0 Å². The van der Waals surface area contributed by atoms with Crippen LogP contribution in [-0.2, 0) is 4.74 Å². The summed E-state index contributed by atoms with van der Waals surface area (Å²) in [5, 5.41) is 3.71. The fourth-order valence-corrected chi connectivity index (χ4v) is 2.29. The summed E-state index contributed by atoms with van der Waals surface area (Å²) in [6, 6.07) is 0.818. The molecule has 0 aromatic heterocycles. The van der Waals surface area contributed by atoms with Crippen LogP contribution in [0.3, 0.4) is 0 Å². The van der Waals surface area contributed by atoms with E-state index < -0.39 is 0 Å². The van der Waals surface area contributed by atoms with Crippen molar-refractivity contribution in [3.63, 3.8) is 0 Å². The van der Waals surface area contributed by atoms with Crippen molar-refractivity contribution in [2.24, 2.45) is 17.8 Å². The maximum Gasteiger partial charge on any atom is 0.0594 e. The molecule has 1 unspecified atom stereocenters. The van der Waals surface area contributed by atoms with Crippen LogP contribution < -0.4 is 5.32 Å². The lowest BCUT2D eigenvalue weighted by Gasteiger charge is -2.20. The summed E-state index contributed by atoms with van der Waals surface area (Å²) < 4.78 is 5.79. The van der Waals surface area contributed by atoms with E-state index in [-0.39, 0.29) is 0 Å². The van der Waals surface area contributed by atoms with Gasteiger partial charge in [0.1, 0.15) is 0 Å². The lowest BCUT2D eigenvalue weighted by atomic mass is 10.1. The first-order valence-electron chi connectivity index (χ1n) is 7.03. The minimum absolute atomic E-state index is 0.391. The number of hydrogen-bond donors (Lipinski definition) is 1. The zero-order valence-corrected chi connectivity index (χ0v) is 11.0. The highest BCUT2D eigenvalue weighted by Gasteiger charge is 2.40. The van der Waals surface area contributed by atoms with E-state index in [1.165, 1.54) is 25.7 Å². The first kappa shape index (κ1) is 12.4. The van der Waals surface area contributed by atoms with E-state index in [1.54, 1.807) is 0 Å². The molecule has 1 N–H and O–H groups in total. The molecule has 0 aromatic rings. The van der Waals surface area contributed by atoms with Gasteiger partial charge in [-0.3, -0.25) is 0 Å². The average molecular weight is 225 g/mol. The van der Waals surface area contributed by atoms with Gasteiger partial charge in [-0.1, -0.05) is 13.8 Å². The van der Waals surface area contributed by atoms with E-state index in [0.29, 0.717) is 12.0 Å². The Balaban J connectivity index is 1.56. The van der Waals surface area contributed by atoms with Crippen LogP contribution in [-0.4, -0.2) is 25.3 Å². The molecule has 0 aromatic carbocycles. The van der Waals surface area contributed by atoms with E-state index in [1.807, 2.05) is 0 Å². The molecule has 94 valence electrons. The summed E-state index contributed by atoms with van der Waals surface area (Å²) in [7, 11) is 0. The molecule has 2 nitrogen and oxygen atoms in total. The lowest BCUT2D eigenvalue weighted by molar-refractivity contribution is 0.0358. The van der Waals surface area contributed by atoms with Crippen molar-refractivity contribution in [2.45, 2.75) is 58.6 Å². The van der Waals surface area contributed by atoms with Gasteiger partial charge in [-0.25, -0.2) is 0 Å². The third kappa shape index (κ3) is 3.74. The molecule has 0 heterocycles. The quantitative estimate of drug-likeness (QED) is 0.641. The molecule has 0 radical (unpaired) electrons. The topological polar surface area (TPSA) is 21.3 Å². The van der Waals surface area contributed by atoms with Crippen LogP contribution in [0.5, 0.6) is 0 Å². The molecule has 0 aliphatic heterocycles. The molecule has 2 rings (SSSR count). The molecule has 2 aliphatic carbocycles. The second-order valence-electron chi connectivity index (χ2n) is 5.97. The van der Waals surface area contributed by atoms with Crippen LogP contribution in [0.15, 0.2) is 0 Å². The Bertz CT molecular complexity index is 197. The normalized spacial score (nSPS) is 23.1. The van der Waals surface area contributed by atoms with Crippen molar-refractivity contribution in [1.29, 1.82) is 0 Å². The van der Waals surface area contributed by atoms with Gasteiger partial charge in [0.25, 0.3) is 0 Å². The molecule has 0 amide bonds. The summed E-state index contributed by atoms with van der Waals surface area (Å²) in [4.78, 5) is 0. The second kappa shape index (κ2) is 5.50. The summed E-state index contributed by atoms with van der Waals surface area (Å²) in [6.45, 7) is 8.51. The number of rotatable bonds is 8. The van der Waals surface area contributed by atoms with E-state index in [0.717, 1.165) is 31.0 Å². The van der Waals surface area contributed by atoms with Crippen molar-refractivity contribution in [3.05, 3.63) is 0 Å². The maximum absolute atomic E-state index is 5.79. The standard InChI is InChI=1S/C14H27NO/c1-10(2)11(3)16-9-8-15-14(12-4-5-12)13-6-7-13/h10-15H,4-9H2,1-3H3. The smallest absolute Gasteiger partial charge is 0.0594 e. The molecule has 1 atom stereocenters. The number of nitrogens with one attached hydrogen (secondary N) is 1. The Morgan fingerprint density at radius 3 is 2.06 bits per heavy atom. The van der Waals surface area contributed by atoms with Gasteiger partial charge in [0.05, 0.1) is 12.7 Å². The Kier molecular flexibility index (Phi) is 4.26. The summed E-state index contributed by atoms with van der Waals surface area (Å²) >= 11 is 0. The van der Waals surface area contributed by atoms with Crippen LogP contribution in [0.1, 0.15) is 46.5 Å². The molecule has 2 aliphatic rings. The monoisotopic (exact) mass is 225 g/mol. The molecule has 16 heavy (non-hydrogen) atoms. The van der Waals surface area contributed by atoms with E-state index in [4.69, 9.17) is 4.74 Å². The fourth-order valence-electron chi connectivity index (χ4n) is 2.29. The molecule has 0 bridgehead atoms. The first-order valence-corrected chi connectivity index (χ1v) is 7.03. The SMILES string of the molecule is CC(C)C(C)OCCNC(C1CC1)C1CC1. The van der Waals surface area contributed by atoms with Gasteiger partial charge in [0, 0.05) is 12.6 Å². The molecule has 0 saturated heterocycles. The van der Waals surface area contributed by atoms with Gasteiger partial charge in [0.15, 0.2) is 0 Å². The van der Waals surface area contributed by atoms with Gasteiger partial charge in [0.2, 0.25) is 0 Å². The van der Waals surface area contributed by atoms with Crippen LogP contribution >= 0.6 is 0 Å². The van der Waals surface area contributed by atoms with Crippen molar-refractivity contribution in [2.75, 3.05) is 13.2 Å². The fraction of sp³-hybridized carbons (Fsp3) is 1.00. The summed E-state index contributed by atoms with van der Waals surface area (Å²) in [5.41, 5.74) is 0. The van der Waals surface area contributed by atoms with E-state index in [2.05, 4.69) is 26.1 Å². The predicted molar refractivity (Wildman–Crippen MR) is 67.5 cm³/mol. The third-order valence-electron chi connectivity index (χ3n) is 4.06. The van der Waals surface area contributed by atoms with Crippen LogP contribution in [0.25, 0.3) is 0 Å². The molecular formula is C14H27NO. The molecule has 2 heteroatoms. The van der Waals surface area contributed by atoms with Gasteiger partial charge in [-0.05, 0) is 50.4 Å². The van der Waals surface area contributed by atoms with Crippen molar-refractivity contribution in [3.8, 4) is 0 Å². The maximum atomic E-state index is 5.79. The Hall–Kier alpha value is -0.0800. The van der Waals surface area contributed by atoms with Gasteiger partial charge >= 0.3 is 0 Å². The van der Waals surface area contributed by atoms with Crippen molar-refractivity contribution < 1.29 is 4.74 Å². The van der Waals surface area contributed by atoms with Crippen LogP contribution in [0.4, 0.5) is 0 Å². The zero-order chi connectivity index (χ0) is 11.5.